The molecule has 0 radical (unpaired) electrons. The van der Waals surface area contributed by atoms with Crippen LogP contribution in [0.4, 0.5) is 0 Å². The maximum atomic E-state index is 13.1. The highest BCUT2D eigenvalue weighted by Crippen LogP contribution is 2.46. The van der Waals surface area contributed by atoms with E-state index >= 15 is 0 Å². The Bertz CT molecular complexity index is 1290. The van der Waals surface area contributed by atoms with Gasteiger partial charge in [0.25, 0.3) is 0 Å². The number of halogens is 1. The minimum atomic E-state index is 0. The van der Waals surface area contributed by atoms with Crippen LogP contribution in [0, 0.1) is 0 Å². The first kappa shape index (κ1) is 24.6. The van der Waals surface area contributed by atoms with Gasteiger partial charge in [-0.2, -0.15) is 0 Å². The van der Waals surface area contributed by atoms with Crippen molar-refractivity contribution in [2.24, 2.45) is 0 Å². The lowest BCUT2D eigenvalue weighted by molar-refractivity contribution is 0.0977. The molecule has 1 fully saturated rings. The van der Waals surface area contributed by atoms with Gasteiger partial charge in [0.2, 0.25) is 6.79 Å². The lowest BCUT2D eigenvalue weighted by atomic mass is 9.96. The van der Waals surface area contributed by atoms with Crippen LogP contribution < -0.4 is 9.47 Å². The second-order valence-electron chi connectivity index (χ2n) is 9.76. The summed E-state index contributed by atoms with van der Waals surface area (Å²) >= 11 is 0. The number of fused-ring (bicyclic) bond motifs is 4. The van der Waals surface area contributed by atoms with E-state index in [-0.39, 0.29) is 25.0 Å². The predicted octanol–water partition coefficient (Wildman–Crippen LogP) is 7.25. The zero-order chi connectivity index (χ0) is 23.6. The Labute approximate surface area is 219 Å². The molecule has 1 aliphatic carbocycles. The zero-order valence-corrected chi connectivity index (χ0v) is 21.3. The first-order valence-electron chi connectivity index (χ1n) is 12.9. The number of unbranched alkanes of at least 4 members (excludes halogenated alkanes) is 1. The summed E-state index contributed by atoms with van der Waals surface area (Å²) in [6.45, 7) is 3.83. The first-order chi connectivity index (χ1) is 17.3. The van der Waals surface area contributed by atoms with Crippen molar-refractivity contribution in [3.63, 3.8) is 0 Å². The van der Waals surface area contributed by atoms with Crippen molar-refractivity contribution in [3.05, 3.63) is 82.9 Å². The Kier molecular flexibility index (Phi) is 7.45. The van der Waals surface area contributed by atoms with Gasteiger partial charge in [0.05, 0.1) is 0 Å². The van der Waals surface area contributed by atoms with Crippen molar-refractivity contribution in [1.29, 1.82) is 0 Å². The topological polar surface area (TPSA) is 38.8 Å². The van der Waals surface area contributed by atoms with Gasteiger partial charge in [0.1, 0.15) is 0 Å². The fourth-order valence-corrected chi connectivity index (χ4v) is 5.55. The fourth-order valence-electron chi connectivity index (χ4n) is 5.55. The van der Waals surface area contributed by atoms with Crippen LogP contribution in [0.25, 0.3) is 22.8 Å². The summed E-state index contributed by atoms with van der Waals surface area (Å²) in [6, 6.07) is 20.7. The number of ketones is 1. The van der Waals surface area contributed by atoms with E-state index in [1.54, 1.807) is 0 Å². The van der Waals surface area contributed by atoms with Crippen LogP contribution in [0.15, 0.2) is 60.7 Å². The number of Topliss-reactive ketones (excluding diaryl/α,β-unsaturated/α-hetero) is 1. The third-order valence-corrected chi connectivity index (χ3v) is 7.42. The molecule has 2 aliphatic heterocycles. The molecule has 0 bridgehead atoms. The van der Waals surface area contributed by atoms with Gasteiger partial charge in [-0.1, -0.05) is 48.9 Å². The van der Waals surface area contributed by atoms with Crippen LogP contribution >= 0.6 is 12.4 Å². The smallest absolute Gasteiger partial charge is 0.231 e. The highest BCUT2D eigenvalue weighted by atomic mass is 35.5. The van der Waals surface area contributed by atoms with Crippen molar-refractivity contribution in [1.82, 2.24) is 4.90 Å². The number of benzene rings is 3. The summed E-state index contributed by atoms with van der Waals surface area (Å²) in [7, 11) is 0. The molecule has 0 saturated carbocycles. The van der Waals surface area contributed by atoms with Crippen molar-refractivity contribution in [2.45, 2.75) is 38.5 Å². The van der Waals surface area contributed by atoms with Crippen LogP contribution in [-0.4, -0.2) is 37.1 Å². The number of ether oxygens (including phenoxy) is 2. The number of hydrogen-bond donors (Lipinski definition) is 0. The Morgan fingerprint density at radius 1 is 0.806 bits per heavy atom. The number of hydrogen-bond acceptors (Lipinski definition) is 4. The molecule has 3 aromatic rings. The largest absolute Gasteiger partial charge is 0.454 e. The lowest BCUT2D eigenvalue weighted by Crippen LogP contribution is -2.30. The Balaban J connectivity index is 0.00000267. The van der Waals surface area contributed by atoms with Gasteiger partial charge >= 0.3 is 0 Å². The van der Waals surface area contributed by atoms with Crippen molar-refractivity contribution >= 4 is 29.8 Å². The second kappa shape index (κ2) is 10.9. The summed E-state index contributed by atoms with van der Waals surface area (Å²) in [5.41, 5.74) is 7.75. The number of nitrogens with zero attached hydrogens (tertiary/aromatic N) is 1. The monoisotopic (exact) mass is 501 g/mol. The summed E-state index contributed by atoms with van der Waals surface area (Å²) < 4.78 is 11.0. The van der Waals surface area contributed by atoms with Crippen LogP contribution in [0.2, 0.25) is 0 Å². The molecule has 0 unspecified atom stereocenters. The van der Waals surface area contributed by atoms with Gasteiger partial charge in [-0.15, -0.1) is 12.4 Å². The first-order valence-corrected chi connectivity index (χ1v) is 12.9. The number of carbonyl (C=O) groups is 1. The highest BCUT2D eigenvalue weighted by molar-refractivity contribution is 6.08. The zero-order valence-electron chi connectivity index (χ0n) is 20.5. The molecule has 6 rings (SSSR count). The van der Waals surface area contributed by atoms with Gasteiger partial charge in [-0.3, -0.25) is 4.79 Å². The molecule has 1 saturated heterocycles. The van der Waals surface area contributed by atoms with Crippen molar-refractivity contribution < 1.29 is 14.3 Å². The maximum Gasteiger partial charge on any atom is 0.231 e. The predicted molar refractivity (Wildman–Crippen MR) is 147 cm³/mol. The normalized spacial score (nSPS) is 16.9. The summed E-state index contributed by atoms with van der Waals surface area (Å²) in [6.07, 6.45) is 8.85. The van der Waals surface area contributed by atoms with Crippen molar-refractivity contribution in [2.75, 3.05) is 26.4 Å². The minimum absolute atomic E-state index is 0. The van der Waals surface area contributed by atoms with E-state index in [0.717, 1.165) is 53.1 Å². The van der Waals surface area contributed by atoms with E-state index in [0.29, 0.717) is 6.42 Å². The molecule has 2 heterocycles. The summed E-state index contributed by atoms with van der Waals surface area (Å²) in [5, 5.41) is 0. The average Bonchev–Trinajstić information content (AvgIpc) is 3.49. The highest BCUT2D eigenvalue weighted by Gasteiger charge is 2.24. The molecule has 5 heteroatoms. The number of rotatable bonds is 7. The number of likely N-dealkylation sites (tertiary alicyclic amines) is 1. The van der Waals surface area contributed by atoms with Crippen molar-refractivity contribution in [3.8, 4) is 22.6 Å². The van der Waals surface area contributed by atoms with E-state index in [9.17, 15) is 4.79 Å². The Morgan fingerprint density at radius 3 is 2.44 bits per heavy atom. The van der Waals surface area contributed by atoms with E-state index in [2.05, 4.69) is 53.4 Å². The maximum absolute atomic E-state index is 13.1. The molecule has 0 aromatic heterocycles. The van der Waals surface area contributed by atoms with Gasteiger partial charge in [0.15, 0.2) is 17.3 Å². The molecule has 0 amide bonds. The number of piperidine rings is 1. The van der Waals surface area contributed by atoms with Crippen LogP contribution in [0.5, 0.6) is 11.5 Å². The van der Waals surface area contributed by atoms with E-state index < -0.39 is 0 Å². The average molecular weight is 502 g/mol. The molecule has 0 atom stereocenters. The van der Waals surface area contributed by atoms with Crippen LogP contribution in [-0.2, 0) is 0 Å². The minimum Gasteiger partial charge on any atom is -0.454 e. The van der Waals surface area contributed by atoms with E-state index in [4.69, 9.17) is 9.47 Å². The lowest BCUT2D eigenvalue weighted by Gasteiger charge is -2.26. The molecule has 0 N–H and O–H groups in total. The van der Waals surface area contributed by atoms with Gasteiger partial charge in [0, 0.05) is 12.0 Å². The standard InChI is InChI=1S/C31H31NO3.ClH/c33-29(10-4-7-17-32-15-5-1-6-16-32)23-12-13-26-24-8-2-3-9-25(24)27(28(26)20-23)18-22-11-14-30-31(19-22)35-21-34-30;/h2-3,8-9,11-14,18-20H,1,4-7,10,15-17,21H2;1H. The second-order valence-corrected chi connectivity index (χ2v) is 9.76. The third-order valence-electron chi connectivity index (χ3n) is 7.42. The number of carbonyl (C=O) groups excluding carboxylic acids is 1. The summed E-state index contributed by atoms with van der Waals surface area (Å²) in [5.74, 6) is 1.80. The molecule has 36 heavy (non-hydrogen) atoms. The fraction of sp³-hybridized carbons (Fsp3) is 0.323. The van der Waals surface area contributed by atoms with Crippen LogP contribution in [0.1, 0.15) is 65.6 Å². The van der Waals surface area contributed by atoms with E-state index in [1.165, 1.54) is 49.0 Å². The molecule has 186 valence electrons. The van der Waals surface area contributed by atoms with Gasteiger partial charge < -0.3 is 14.4 Å². The summed E-state index contributed by atoms with van der Waals surface area (Å²) in [4.78, 5) is 15.6. The quantitative estimate of drug-likeness (QED) is 0.197. The third kappa shape index (κ3) is 4.93. The molecule has 3 aromatic carbocycles. The Morgan fingerprint density at radius 2 is 1.58 bits per heavy atom. The molecular weight excluding hydrogens is 470 g/mol. The molecular formula is C31H32ClNO3. The van der Waals surface area contributed by atoms with Crippen LogP contribution in [0.3, 0.4) is 0 Å². The Hall–Kier alpha value is -3.08. The molecule has 3 aliphatic rings. The van der Waals surface area contributed by atoms with Gasteiger partial charge in [-0.25, -0.2) is 0 Å². The van der Waals surface area contributed by atoms with E-state index in [1.807, 2.05) is 18.2 Å². The molecule has 4 nitrogen and oxygen atoms in total. The molecule has 0 spiro atoms. The SMILES string of the molecule is Cl.O=C(CCCCN1CCCCC1)c1ccc2c(c1)C(=Cc1ccc3c(c1)OCO3)c1ccccc1-2. The van der Waals surface area contributed by atoms with Gasteiger partial charge in [-0.05, 0) is 103 Å².